The average Bonchev–Trinajstić information content (AvgIpc) is 3.24. The van der Waals surface area contributed by atoms with Crippen LogP contribution >= 0.6 is 11.3 Å². The van der Waals surface area contributed by atoms with Crippen molar-refractivity contribution in [1.29, 1.82) is 0 Å². The molecule has 0 atom stereocenters. The Kier molecular flexibility index (Phi) is 6.38. The molecule has 1 fully saturated rings. The van der Waals surface area contributed by atoms with Crippen LogP contribution in [0.15, 0.2) is 42.5 Å². The molecule has 1 N–H and O–H groups in total. The number of nitrogens with zero attached hydrogens (tertiary/aromatic N) is 3. The van der Waals surface area contributed by atoms with Crippen LogP contribution < -0.4 is 15.0 Å². The minimum Gasteiger partial charge on any atom is -0.497 e. The van der Waals surface area contributed by atoms with Gasteiger partial charge < -0.3 is 19.9 Å². The lowest BCUT2D eigenvalue weighted by atomic mass is 10.1. The van der Waals surface area contributed by atoms with E-state index in [0.29, 0.717) is 19.6 Å². The van der Waals surface area contributed by atoms with Crippen molar-refractivity contribution in [3.8, 4) is 5.75 Å². The first kappa shape index (κ1) is 20.5. The van der Waals surface area contributed by atoms with Crippen LogP contribution in [0.4, 0.5) is 9.93 Å². The maximum absolute atomic E-state index is 12.5. The Bertz CT molecular complexity index is 994. The van der Waals surface area contributed by atoms with E-state index in [1.165, 1.54) is 15.8 Å². The molecular formula is C23H28N4O2S. The number of piperazine rings is 1. The van der Waals surface area contributed by atoms with Crippen LogP contribution in [0.25, 0.3) is 10.2 Å². The Hall–Kier alpha value is -2.80. The smallest absolute Gasteiger partial charge is 0.317 e. The monoisotopic (exact) mass is 424 g/mol. The molecule has 0 saturated carbocycles. The highest BCUT2D eigenvalue weighted by Crippen LogP contribution is 2.31. The molecular weight excluding hydrogens is 396 g/mol. The maximum Gasteiger partial charge on any atom is 0.317 e. The molecule has 0 bridgehead atoms. The highest BCUT2D eigenvalue weighted by atomic mass is 32.1. The lowest BCUT2D eigenvalue weighted by molar-refractivity contribution is 0.194. The summed E-state index contributed by atoms with van der Waals surface area (Å²) in [4.78, 5) is 21.6. The van der Waals surface area contributed by atoms with Crippen molar-refractivity contribution in [1.82, 2.24) is 15.2 Å². The predicted molar refractivity (Wildman–Crippen MR) is 123 cm³/mol. The second-order valence-corrected chi connectivity index (χ2v) is 8.43. The quantitative estimate of drug-likeness (QED) is 0.651. The zero-order valence-electron chi connectivity index (χ0n) is 17.6. The van der Waals surface area contributed by atoms with E-state index in [4.69, 9.17) is 9.72 Å². The van der Waals surface area contributed by atoms with Crippen molar-refractivity contribution in [2.45, 2.75) is 19.8 Å². The van der Waals surface area contributed by atoms with Gasteiger partial charge in [0, 0.05) is 32.7 Å². The first-order valence-corrected chi connectivity index (χ1v) is 11.3. The summed E-state index contributed by atoms with van der Waals surface area (Å²) in [6.45, 7) is 5.85. The molecule has 0 radical (unpaired) electrons. The second kappa shape index (κ2) is 9.34. The molecule has 3 aromatic rings. The van der Waals surface area contributed by atoms with Crippen LogP contribution in [-0.2, 0) is 12.8 Å². The van der Waals surface area contributed by atoms with Gasteiger partial charge in [-0.2, -0.15) is 0 Å². The van der Waals surface area contributed by atoms with Gasteiger partial charge in [-0.25, -0.2) is 9.78 Å². The molecule has 1 aliphatic rings. The fourth-order valence-electron chi connectivity index (χ4n) is 3.73. The van der Waals surface area contributed by atoms with E-state index >= 15 is 0 Å². The number of anilines is 1. The zero-order chi connectivity index (χ0) is 20.9. The van der Waals surface area contributed by atoms with Crippen molar-refractivity contribution in [3.63, 3.8) is 0 Å². The normalized spacial score (nSPS) is 14.2. The zero-order valence-corrected chi connectivity index (χ0v) is 18.4. The molecule has 2 aromatic carbocycles. The minimum absolute atomic E-state index is 0.0146. The van der Waals surface area contributed by atoms with E-state index < -0.39 is 0 Å². The Morgan fingerprint density at radius 1 is 1.13 bits per heavy atom. The Morgan fingerprint density at radius 3 is 2.60 bits per heavy atom. The van der Waals surface area contributed by atoms with E-state index in [0.717, 1.165) is 42.3 Å². The Labute approximate surface area is 181 Å². The molecule has 4 rings (SSSR count). The Balaban J connectivity index is 1.27. The van der Waals surface area contributed by atoms with Crippen LogP contribution in [0.3, 0.4) is 0 Å². The number of amides is 2. The number of carbonyl (C=O) groups excluding carboxylic acids is 1. The van der Waals surface area contributed by atoms with Gasteiger partial charge in [0.1, 0.15) is 5.75 Å². The number of nitrogens with one attached hydrogen (secondary N) is 1. The predicted octanol–water partition coefficient (Wildman–Crippen LogP) is 3.94. The van der Waals surface area contributed by atoms with Crippen molar-refractivity contribution in [2.24, 2.45) is 0 Å². The summed E-state index contributed by atoms with van der Waals surface area (Å²) in [7, 11) is 1.66. The van der Waals surface area contributed by atoms with Gasteiger partial charge in [-0.1, -0.05) is 42.5 Å². The molecule has 0 unspecified atom stereocenters. The second-order valence-electron chi connectivity index (χ2n) is 7.42. The standard InChI is InChI=1S/C23H28N4O2S/c1-3-18-5-4-6-20-21(18)25-23(30-20)27-15-13-26(14-16-27)22(28)24-12-11-17-7-9-19(29-2)10-8-17/h4-10H,3,11-16H2,1-2H3,(H,24,28). The molecule has 2 heterocycles. The van der Waals surface area contributed by atoms with Crippen LogP contribution in [0.5, 0.6) is 5.75 Å². The van der Waals surface area contributed by atoms with E-state index in [1.807, 2.05) is 29.2 Å². The van der Waals surface area contributed by atoms with Crippen LogP contribution in [0.2, 0.25) is 0 Å². The number of aromatic nitrogens is 1. The van der Waals surface area contributed by atoms with Crippen LogP contribution in [0, 0.1) is 0 Å². The molecule has 6 nitrogen and oxygen atoms in total. The number of fused-ring (bicyclic) bond motifs is 1. The molecule has 0 aliphatic carbocycles. The number of ether oxygens (including phenoxy) is 1. The highest BCUT2D eigenvalue weighted by molar-refractivity contribution is 7.22. The van der Waals surface area contributed by atoms with Gasteiger partial charge in [0.25, 0.3) is 0 Å². The number of hydrogen-bond acceptors (Lipinski definition) is 5. The maximum atomic E-state index is 12.5. The summed E-state index contributed by atoms with van der Waals surface area (Å²) >= 11 is 1.74. The number of aryl methyl sites for hydroxylation is 1. The third-order valence-corrected chi connectivity index (χ3v) is 6.64. The number of carbonyl (C=O) groups is 1. The van der Waals surface area contributed by atoms with Gasteiger partial charge in [-0.15, -0.1) is 0 Å². The van der Waals surface area contributed by atoms with Gasteiger partial charge in [-0.3, -0.25) is 0 Å². The van der Waals surface area contributed by atoms with E-state index in [9.17, 15) is 4.79 Å². The van der Waals surface area contributed by atoms with Gasteiger partial charge >= 0.3 is 6.03 Å². The molecule has 2 amide bonds. The summed E-state index contributed by atoms with van der Waals surface area (Å²) in [6.07, 6.45) is 1.80. The SMILES string of the molecule is CCc1cccc2sc(N3CCN(C(=O)NCCc4ccc(OC)cc4)CC3)nc12. The summed E-state index contributed by atoms with van der Waals surface area (Å²) in [5.74, 6) is 0.847. The van der Waals surface area contributed by atoms with Crippen LogP contribution in [-0.4, -0.2) is 55.7 Å². The molecule has 1 saturated heterocycles. The van der Waals surface area contributed by atoms with E-state index in [2.05, 4.69) is 35.3 Å². The first-order valence-electron chi connectivity index (χ1n) is 10.5. The topological polar surface area (TPSA) is 57.7 Å². The molecule has 158 valence electrons. The number of urea groups is 1. The molecule has 7 heteroatoms. The number of para-hydroxylation sites is 1. The molecule has 0 spiro atoms. The fraction of sp³-hybridized carbons (Fsp3) is 0.391. The van der Waals surface area contributed by atoms with Gasteiger partial charge in [0.15, 0.2) is 5.13 Å². The summed E-state index contributed by atoms with van der Waals surface area (Å²) in [5, 5.41) is 4.11. The van der Waals surface area contributed by atoms with Crippen molar-refractivity contribution in [2.75, 3.05) is 44.7 Å². The number of benzene rings is 2. The van der Waals surface area contributed by atoms with Crippen LogP contribution in [0.1, 0.15) is 18.1 Å². The number of rotatable bonds is 6. The van der Waals surface area contributed by atoms with Crippen molar-refractivity contribution in [3.05, 3.63) is 53.6 Å². The number of methoxy groups -OCH3 is 1. The van der Waals surface area contributed by atoms with Crippen molar-refractivity contribution >= 4 is 32.7 Å². The third kappa shape index (κ3) is 4.51. The lowest BCUT2D eigenvalue weighted by Gasteiger charge is -2.34. The highest BCUT2D eigenvalue weighted by Gasteiger charge is 2.23. The summed E-state index contributed by atoms with van der Waals surface area (Å²) < 4.78 is 6.42. The summed E-state index contributed by atoms with van der Waals surface area (Å²) in [6, 6.07) is 14.4. The third-order valence-electron chi connectivity index (χ3n) is 5.56. The largest absolute Gasteiger partial charge is 0.497 e. The number of hydrogen-bond donors (Lipinski definition) is 1. The first-order chi connectivity index (χ1) is 14.7. The van der Waals surface area contributed by atoms with Gasteiger partial charge in [0.2, 0.25) is 0 Å². The average molecular weight is 425 g/mol. The van der Waals surface area contributed by atoms with Crippen molar-refractivity contribution < 1.29 is 9.53 Å². The lowest BCUT2D eigenvalue weighted by Crippen LogP contribution is -2.52. The van der Waals surface area contributed by atoms with E-state index in [1.54, 1.807) is 18.4 Å². The number of thiazole rings is 1. The van der Waals surface area contributed by atoms with Gasteiger partial charge in [0.05, 0.1) is 17.3 Å². The van der Waals surface area contributed by atoms with Gasteiger partial charge in [-0.05, 0) is 42.2 Å². The molecule has 1 aromatic heterocycles. The summed E-state index contributed by atoms with van der Waals surface area (Å²) in [5.41, 5.74) is 3.60. The minimum atomic E-state index is 0.0146. The fourth-order valence-corrected chi connectivity index (χ4v) is 4.80. The van der Waals surface area contributed by atoms with E-state index in [-0.39, 0.29) is 6.03 Å². The Morgan fingerprint density at radius 2 is 1.90 bits per heavy atom. The molecule has 30 heavy (non-hydrogen) atoms. The molecule has 1 aliphatic heterocycles.